The first-order chi connectivity index (χ1) is 12.5. The average molecular weight is 365 g/mol. The van der Waals surface area contributed by atoms with Gasteiger partial charge in [0.2, 0.25) is 5.88 Å². The number of fused-ring (bicyclic) bond motifs is 1. The van der Waals surface area contributed by atoms with Crippen molar-refractivity contribution in [2.75, 3.05) is 0 Å². The van der Waals surface area contributed by atoms with Crippen molar-refractivity contribution in [3.05, 3.63) is 70.6 Å². The maximum atomic E-state index is 6.13. The van der Waals surface area contributed by atoms with Gasteiger partial charge in [-0.25, -0.2) is 14.6 Å². The van der Waals surface area contributed by atoms with Crippen LogP contribution in [0.5, 0.6) is 11.6 Å². The van der Waals surface area contributed by atoms with Gasteiger partial charge in [0.05, 0.1) is 11.9 Å². The summed E-state index contributed by atoms with van der Waals surface area (Å²) in [4.78, 5) is 8.69. The van der Waals surface area contributed by atoms with Crippen molar-refractivity contribution in [1.29, 1.82) is 0 Å². The molecule has 0 radical (unpaired) electrons. The molecule has 0 saturated carbocycles. The first-order valence-electron chi connectivity index (χ1n) is 8.23. The number of halogens is 1. The van der Waals surface area contributed by atoms with Gasteiger partial charge in [0, 0.05) is 5.02 Å². The third-order valence-corrected chi connectivity index (χ3v) is 4.62. The number of aryl methyl sites for hydroxylation is 2. The topological polar surface area (TPSA) is 52.8 Å². The lowest BCUT2D eigenvalue weighted by atomic mass is 10.1. The summed E-state index contributed by atoms with van der Waals surface area (Å²) in [5.41, 5.74) is 4.97. The van der Waals surface area contributed by atoms with Crippen LogP contribution in [0, 0.1) is 20.8 Å². The summed E-state index contributed by atoms with van der Waals surface area (Å²) in [6.07, 6.45) is 3.21. The Hall–Kier alpha value is -2.92. The van der Waals surface area contributed by atoms with Crippen molar-refractivity contribution in [1.82, 2.24) is 19.7 Å². The predicted molar refractivity (Wildman–Crippen MR) is 102 cm³/mol. The molecule has 4 aromatic rings. The normalized spacial score (nSPS) is 11.1. The molecular weight excluding hydrogens is 348 g/mol. The van der Waals surface area contributed by atoms with Gasteiger partial charge in [0.15, 0.2) is 5.65 Å². The zero-order valence-electron chi connectivity index (χ0n) is 14.7. The maximum absolute atomic E-state index is 6.13. The summed E-state index contributed by atoms with van der Waals surface area (Å²) >= 11 is 5.97. The lowest BCUT2D eigenvalue weighted by Crippen LogP contribution is -1.98. The summed E-state index contributed by atoms with van der Waals surface area (Å²) in [6, 6.07) is 11.6. The van der Waals surface area contributed by atoms with Crippen molar-refractivity contribution in [3.63, 3.8) is 0 Å². The standard InChI is InChI=1S/C20H17ClN4O/c1-12-8-13(2)14(3)18(9-12)26-20-17-10-24-25(19(17)22-11-23-20)16-6-4-15(21)5-7-16/h4-11H,1-3H3. The highest BCUT2D eigenvalue weighted by molar-refractivity contribution is 6.30. The number of hydrogen-bond donors (Lipinski definition) is 0. The fourth-order valence-electron chi connectivity index (χ4n) is 2.89. The van der Waals surface area contributed by atoms with Crippen molar-refractivity contribution in [3.8, 4) is 17.3 Å². The summed E-state index contributed by atoms with van der Waals surface area (Å²) < 4.78 is 7.87. The van der Waals surface area contributed by atoms with E-state index in [0.717, 1.165) is 28.0 Å². The first-order valence-corrected chi connectivity index (χ1v) is 8.61. The Balaban J connectivity index is 1.79. The van der Waals surface area contributed by atoms with Crippen LogP contribution >= 0.6 is 11.6 Å². The highest BCUT2D eigenvalue weighted by Crippen LogP contribution is 2.31. The SMILES string of the molecule is Cc1cc(C)c(C)c(Oc2ncnc3c2cnn3-c2ccc(Cl)cc2)c1. The molecular formula is C20H17ClN4O. The Kier molecular flexibility index (Phi) is 4.09. The summed E-state index contributed by atoms with van der Waals surface area (Å²) in [7, 11) is 0. The van der Waals surface area contributed by atoms with Gasteiger partial charge in [0.1, 0.15) is 17.5 Å². The molecule has 0 bridgehead atoms. The summed E-state index contributed by atoms with van der Waals surface area (Å²) in [5, 5.41) is 5.87. The van der Waals surface area contributed by atoms with Crippen LogP contribution in [0.3, 0.4) is 0 Å². The Morgan fingerprint density at radius 2 is 1.77 bits per heavy atom. The highest BCUT2D eigenvalue weighted by atomic mass is 35.5. The van der Waals surface area contributed by atoms with Gasteiger partial charge in [-0.3, -0.25) is 0 Å². The zero-order valence-corrected chi connectivity index (χ0v) is 15.4. The van der Waals surface area contributed by atoms with Gasteiger partial charge in [-0.15, -0.1) is 0 Å². The van der Waals surface area contributed by atoms with Crippen molar-refractivity contribution in [2.45, 2.75) is 20.8 Å². The summed E-state index contributed by atoms with van der Waals surface area (Å²) in [5.74, 6) is 1.28. The number of aromatic nitrogens is 4. The van der Waals surface area contributed by atoms with Gasteiger partial charge in [-0.1, -0.05) is 17.7 Å². The number of benzene rings is 2. The highest BCUT2D eigenvalue weighted by Gasteiger charge is 2.14. The van der Waals surface area contributed by atoms with Crippen LogP contribution in [0.4, 0.5) is 0 Å². The van der Waals surface area contributed by atoms with Crippen LogP contribution in [0.1, 0.15) is 16.7 Å². The van der Waals surface area contributed by atoms with E-state index in [-0.39, 0.29) is 0 Å². The minimum atomic E-state index is 0.489. The Bertz CT molecular complexity index is 1100. The molecule has 26 heavy (non-hydrogen) atoms. The fraction of sp³-hybridized carbons (Fsp3) is 0.150. The number of hydrogen-bond acceptors (Lipinski definition) is 4. The molecule has 6 heteroatoms. The van der Waals surface area contributed by atoms with Gasteiger partial charge < -0.3 is 4.74 Å². The lowest BCUT2D eigenvalue weighted by molar-refractivity contribution is 0.464. The van der Waals surface area contributed by atoms with Gasteiger partial charge in [-0.2, -0.15) is 5.10 Å². The molecule has 0 saturated heterocycles. The molecule has 5 nitrogen and oxygen atoms in total. The molecule has 0 atom stereocenters. The second kappa shape index (κ2) is 6.42. The fourth-order valence-corrected chi connectivity index (χ4v) is 3.01. The van der Waals surface area contributed by atoms with Crippen LogP contribution < -0.4 is 4.74 Å². The quantitative estimate of drug-likeness (QED) is 0.502. The van der Waals surface area contributed by atoms with E-state index in [0.29, 0.717) is 16.5 Å². The van der Waals surface area contributed by atoms with Gasteiger partial charge in [0.25, 0.3) is 0 Å². The first kappa shape index (κ1) is 16.5. The van der Waals surface area contributed by atoms with Crippen LogP contribution in [0.25, 0.3) is 16.7 Å². The molecule has 0 fully saturated rings. The Morgan fingerprint density at radius 3 is 2.54 bits per heavy atom. The lowest BCUT2D eigenvalue weighted by Gasteiger charge is -2.11. The molecule has 130 valence electrons. The van der Waals surface area contributed by atoms with Crippen LogP contribution in [-0.4, -0.2) is 19.7 Å². The van der Waals surface area contributed by atoms with E-state index in [1.165, 1.54) is 11.9 Å². The Morgan fingerprint density at radius 1 is 1.00 bits per heavy atom. The molecule has 0 unspecified atom stereocenters. The van der Waals surface area contributed by atoms with Crippen LogP contribution in [0.15, 0.2) is 48.9 Å². The van der Waals surface area contributed by atoms with E-state index < -0.39 is 0 Å². The molecule has 0 N–H and O–H groups in total. The third kappa shape index (κ3) is 2.91. The van der Waals surface area contributed by atoms with E-state index in [1.54, 1.807) is 10.9 Å². The molecule has 2 aromatic heterocycles. The monoisotopic (exact) mass is 364 g/mol. The molecule has 2 aromatic carbocycles. The largest absolute Gasteiger partial charge is 0.438 e. The summed E-state index contributed by atoms with van der Waals surface area (Å²) in [6.45, 7) is 6.16. The molecule has 0 aliphatic carbocycles. The number of nitrogens with zero attached hydrogens (tertiary/aromatic N) is 4. The smallest absolute Gasteiger partial charge is 0.233 e. The van der Waals surface area contributed by atoms with E-state index in [1.807, 2.05) is 44.2 Å². The van der Waals surface area contributed by atoms with Crippen molar-refractivity contribution >= 4 is 22.6 Å². The second-order valence-electron chi connectivity index (χ2n) is 6.26. The molecule has 0 amide bonds. The van der Waals surface area contributed by atoms with Gasteiger partial charge in [-0.05, 0) is 67.8 Å². The Labute approximate surface area is 156 Å². The molecule has 0 spiro atoms. The second-order valence-corrected chi connectivity index (χ2v) is 6.69. The molecule has 0 aliphatic rings. The molecule has 2 heterocycles. The minimum absolute atomic E-state index is 0.489. The maximum Gasteiger partial charge on any atom is 0.233 e. The number of ether oxygens (including phenoxy) is 1. The average Bonchev–Trinajstić information content (AvgIpc) is 3.05. The van der Waals surface area contributed by atoms with E-state index in [9.17, 15) is 0 Å². The van der Waals surface area contributed by atoms with E-state index >= 15 is 0 Å². The third-order valence-electron chi connectivity index (χ3n) is 4.37. The van der Waals surface area contributed by atoms with Crippen LogP contribution in [-0.2, 0) is 0 Å². The molecule has 0 aliphatic heterocycles. The van der Waals surface area contributed by atoms with E-state index in [4.69, 9.17) is 16.3 Å². The zero-order chi connectivity index (χ0) is 18.3. The van der Waals surface area contributed by atoms with Gasteiger partial charge >= 0.3 is 0 Å². The molecule has 4 rings (SSSR count). The van der Waals surface area contributed by atoms with Crippen molar-refractivity contribution < 1.29 is 4.74 Å². The van der Waals surface area contributed by atoms with E-state index in [2.05, 4.69) is 28.1 Å². The van der Waals surface area contributed by atoms with Crippen LogP contribution in [0.2, 0.25) is 5.02 Å². The van der Waals surface area contributed by atoms with Crippen molar-refractivity contribution in [2.24, 2.45) is 0 Å². The number of rotatable bonds is 3. The predicted octanol–water partition coefficient (Wildman–Crippen LogP) is 5.19. The minimum Gasteiger partial charge on any atom is -0.438 e.